The van der Waals surface area contributed by atoms with Gasteiger partial charge in [-0.2, -0.15) is 0 Å². The molecule has 0 bridgehead atoms. The van der Waals surface area contributed by atoms with E-state index in [1.54, 1.807) is 0 Å². The summed E-state index contributed by atoms with van der Waals surface area (Å²) in [5, 5.41) is 21.8. The number of benzene rings is 1. The number of ether oxygens (including phenoxy) is 1. The highest BCUT2D eigenvalue weighted by Crippen LogP contribution is 2.22. The molecule has 2 atom stereocenters. The van der Waals surface area contributed by atoms with Crippen LogP contribution in [0.5, 0.6) is 5.75 Å². The van der Waals surface area contributed by atoms with Crippen LogP contribution in [0.2, 0.25) is 0 Å². The monoisotopic (exact) mass is 267 g/mol. The standard InChI is InChI=1S/C15H25NO3/c1-11(9-17)7-16-8-14(18)10-19-15-12(2)5-4-6-13(15)3/h4-6,11,14,16-18H,7-10H2,1-3H3. The summed E-state index contributed by atoms with van der Waals surface area (Å²) in [4.78, 5) is 0. The van der Waals surface area contributed by atoms with Crippen LogP contribution < -0.4 is 10.1 Å². The number of aryl methyl sites for hydroxylation is 2. The van der Waals surface area contributed by atoms with E-state index in [1.165, 1.54) is 0 Å². The van der Waals surface area contributed by atoms with Crippen molar-refractivity contribution in [2.75, 3.05) is 26.3 Å². The molecule has 4 heteroatoms. The minimum Gasteiger partial charge on any atom is -0.490 e. The molecule has 1 aromatic carbocycles. The van der Waals surface area contributed by atoms with E-state index in [-0.39, 0.29) is 19.1 Å². The van der Waals surface area contributed by atoms with Gasteiger partial charge in [0.2, 0.25) is 0 Å². The van der Waals surface area contributed by atoms with Crippen LogP contribution in [-0.4, -0.2) is 42.6 Å². The van der Waals surface area contributed by atoms with Crippen LogP contribution in [0, 0.1) is 19.8 Å². The maximum Gasteiger partial charge on any atom is 0.125 e. The largest absolute Gasteiger partial charge is 0.490 e. The third kappa shape index (κ3) is 5.59. The first-order valence-corrected chi connectivity index (χ1v) is 6.73. The molecule has 0 heterocycles. The first-order chi connectivity index (χ1) is 9.04. The fraction of sp³-hybridized carbons (Fsp3) is 0.600. The Morgan fingerprint density at radius 2 is 1.84 bits per heavy atom. The molecule has 3 N–H and O–H groups in total. The number of hydrogen-bond donors (Lipinski definition) is 3. The first kappa shape index (κ1) is 16.0. The predicted octanol–water partition coefficient (Wildman–Crippen LogP) is 1.26. The van der Waals surface area contributed by atoms with Crippen LogP contribution in [0.15, 0.2) is 18.2 Å². The van der Waals surface area contributed by atoms with Gasteiger partial charge in [-0.1, -0.05) is 25.1 Å². The maximum absolute atomic E-state index is 9.83. The zero-order valence-corrected chi connectivity index (χ0v) is 12.0. The molecule has 0 fully saturated rings. The van der Waals surface area contributed by atoms with E-state index in [4.69, 9.17) is 9.84 Å². The molecule has 0 aliphatic carbocycles. The van der Waals surface area contributed by atoms with Crippen LogP contribution in [-0.2, 0) is 0 Å². The van der Waals surface area contributed by atoms with Crippen molar-refractivity contribution >= 4 is 0 Å². The molecule has 1 aromatic rings. The Balaban J connectivity index is 2.32. The van der Waals surface area contributed by atoms with E-state index in [2.05, 4.69) is 5.32 Å². The fourth-order valence-corrected chi connectivity index (χ4v) is 1.83. The molecule has 0 aliphatic heterocycles. The Bertz CT molecular complexity index is 361. The van der Waals surface area contributed by atoms with E-state index >= 15 is 0 Å². The number of aliphatic hydroxyl groups is 2. The molecular formula is C15H25NO3. The van der Waals surface area contributed by atoms with E-state index in [9.17, 15) is 5.11 Å². The van der Waals surface area contributed by atoms with E-state index in [0.29, 0.717) is 13.1 Å². The van der Waals surface area contributed by atoms with Gasteiger partial charge in [-0.05, 0) is 37.4 Å². The molecular weight excluding hydrogens is 242 g/mol. The van der Waals surface area contributed by atoms with Crippen molar-refractivity contribution in [2.24, 2.45) is 5.92 Å². The average molecular weight is 267 g/mol. The molecule has 0 saturated heterocycles. The normalized spacial score (nSPS) is 14.2. The first-order valence-electron chi connectivity index (χ1n) is 6.73. The van der Waals surface area contributed by atoms with Crippen molar-refractivity contribution in [3.63, 3.8) is 0 Å². The van der Waals surface area contributed by atoms with Gasteiger partial charge >= 0.3 is 0 Å². The van der Waals surface area contributed by atoms with Crippen molar-refractivity contribution in [3.05, 3.63) is 29.3 Å². The summed E-state index contributed by atoms with van der Waals surface area (Å²) in [7, 11) is 0. The zero-order chi connectivity index (χ0) is 14.3. The van der Waals surface area contributed by atoms with E-state index in [0.717, 1.165) is 16.9 Å². The minimum absolute atomic E-state index is 0.155. The summed E-state index contributed by atoms with van der Waals surface area (Å²) in [6.07, 6.45) is -0.551. The molecule has 2 unspecified atom stereocenters. The van der Waals surface area contributed by atoms with Crippen LogP contribution in [0.3, 0.4) is 0 Å². The lowest BCUT2D eigenvalue weighted by Crippen LogP contribution is -2.34. The highest BCUT2D eigenvalue weighted by Gasteiger charge is 2.09. The van der Waals surface area contributed by atoms with Gasteiger partial charge < -0.3 is 20.3 Å². The second-order valence-electron chi connectivity index (χ2n) is 5.13. The Kier molecular flexibility index (Phi) is 6.84. The molecule has 1 rings (SSSR count). The Labute approximate surface area is 115 Å². The summed E-state index contributed by atoms with van der Waals surface area (Å²) >= 11 is 0. The summed E-state index contributed by atoms with van der Waals surface area (Å²) < 4.78 is 5.67. The molecule has 108 valence electrons. The quantitative estimate of drug-likeness (QED) is 0.663. The number of nitrogens with one attached hydrogen (secondary N) is 1. The lowest BCUT2D eigenvalue weighted by molar-refractivity contribution is 0.103. The Hall–Kier alpha value is -1.10. The molecule has 0 radical (unpaired) electrons. The molecule has 0 amide bonds. The SMILES string of the molecule is Cc1cccc(C)c1OCC(O)CNCC(C)CO. The second-order valence-corrected chi connectivity index (χ2v) is 5.13. The van der Waals surface area contributed by atoms with Gasteiger partial charge in [0.05, 0.1) is 0 Å². The van der Waals surface area contributed by atoms with Gasteiger partial charge in [0, 0.05) is 13.2 Å². The number of para-hydroxylation sites is 1. The zero-order valence-electron chi connectivity index (χ0n) is 12.0. The van der Waals surface area contributed by atoms with Gasteiger partial charge in [-0.3, -0.25) is 0 Å². The van der Waals surface area contributed by atoms with Gasteiger partial charge in [-0.25, -0.2) is 0 Å². The van der Waals surface area contributed by atoms with Crippen molar-refractivity contribution in [3.8, 4) is 5.75 Å². The van der Waals surface area contributed by atoms with Crippen LogP contribution >= 0.6 is 0 Å². The third-order valence-corrected chi connectivity index (χ3v) is 3.01. The summed E-state index contributed by atoms with van der Waals surface area (Å²) in [5.74, 6) is 1.05. The molecule has 0 saturated carbocycles. The van der Waals surface area contributed by atoms with Crippen molar-refractivity contribution < 1.29 is 14.9 Å². The molecule has 0 spiro atoms. The number of hydrogen-bond acceptors (Lipinski definition) is 4. The van der Waals surface area contributed by atoms with Gasteiger partial charge in [-0.15, -0.1) is 0 Å². The van der Waals surface area contributed by atoms with Gasteiger partial charge in [0.1, 0.15) is 18.5 Å². The molecule has 19 heavy (non-hydrogen) atoms. The van der Waals surface area contributed by atoms with Crippen LogP contribution in [0.25, 0.3) is 0 Å². The number of rotatable bonds is 8. The topological polar surface area (TPSA) is 61.7 Å². The summed E-state index contributed by atoms with van der Waals surface area (Å²) in [5.41, 5.74) is 2.16. The van der Waals surface area contributed by atoms with E-state index in [1.807, 2.05) is 39.0 Å². The van der Waals surface area contributed by atoms with Crippen molar-refractivity contribution in [2.45, 2.75) is 26.9 Å². The summed E-state index contributed by atoms with van der Waals surface area (Å²) in [6, 6.07) is 5.98. The van der Waals surface area contributed by atoms with Gasteiger partial charge in [0.15, 0.2) is 0 Å². The lowest BCUT2D eigenvalue weighted by atomic mass is 10.1. The molecule has 0 aromatic heterocycles. The Morgan fingerprint density at radius 3 is 2.42 bits per heavy atom. The third-order valence-electron chi connectivity index (χ3n) is 3.01. The van der Waals surface area contributed by atoms with Crippen LogP contribution in [0.4, 0.5) is 0 Å². The Morgan fingerprint density at radius 1 is 1.21 bits per heavy atom. The highest BCUT2D eigenvalue weighted by atomic mass is 16.5. The second kappa shape index (κ2) is 8.15. The smallest absolute Gasteiger partial charge is 0.125 e. The molecule has 0 aliphatic rings. The van der Waals surface area contributed by atoms with Crippen LogP contribution in [0.1, 0.15) is 18.1 Å². The summed E-state index contributed by atoms with van der Waals surface area (Å²) in [6.45, 7) is 7.53. The maximum atomic E-state index is 9.83. The van der Waals surface area contributed by atoms with E-state index < -0.39 is 6.10 Å². The fourth-order valence-electron chi connectivity index (χ4n) is 1.83. The minimum atomic E-state index is -0.551. The van der Waals surface area contributed by atoms with Gasteiger partial charge in [0.25, 0.3) is 0 Å². The highest BCUT2D eigenvalue weighted by molar-refractivity contribution is 5.39. The predicted molar refractivity (Wildman–Crippen MR) is 76.5 cm³/mol. The molecule has 4 nitrogen and oxygen atoms in total. The number of aliphatic hydroxyl groups excluding tert-OH is 2. The van der Waals surface area contributed by atoms with Crippen molar-refractivity contribution in [1.82, 2.24) is 5.32 Å². The lowest BCUT2D eigenvalue weighted by Gasteiger charge is -2.17. The average Bonchev–Trinajstić information content (AvgIpc) is 2.38. The van der Waals surface area contributed by atoms with Crippen molar-refractivity contribution in [1.29, 1.82) is 0 Å².